The summed E-state index contributed by atoms with van der Waals surface area (Å²) < 4.78 is 10.5. The highest BCUT2D eigenvalue weighted by atomic mass is 16.6. The molecule has 1 fully saturated rings. The van der Waals surface area contributed by atoms with Gasteiger partial charge in [-0.25, -0.2) is 19.6 Å². The molecule has 1 aromatic heterocycles. The van der Waals surface area contributed by atoms with E-state index >= 15 is 0 Å². The lowest BCUT2D eigenvalue weighted by Gasteiger charge is -2.27. The molecule has 25 heavy (non-hydrogen) atoms. The molecule has 0 aliphatic heterocycles. The van der Waals surface area contributed by atoms with Crippen LogP contribution in [-0.2, 0) is 20.7 Å². The van der Waals surface area contributed by atoms with Crippen molar-refractivity contribution in [2.45, 2.75) is 71.1 Å². The summed E-state index contributed by atoms with van der Waals surface area (Å²) in [6.07, 6.45) is 5.42. The number of hydrogen-bond donors (Lipinski definition) is 1. The molecular formula is C18H27N3O4. The summed E-state index contributed by atoms with van der Waals surface area (Å²) in [5.74, 6) is 0.417. The Hall–Kier alpha value is -2.18. The van der Waals surface area contributed by atoms with E-state index in [0.717, 1.165) is 19.3 Å². The first-order valence-electron chi connectivity index (χ1n) is 8.87. The minimum absolute atomic E-state index is 0.0842. The van der Waals surface area contributed by atoms with Crippen molar-refractivity contribution in [3.63, 3.8) is 0 Å². The van der Waals surface area contributed by atoms with Crippen molar-refractivity contribution >= 4 is 12.1 Å². The Morgan fingerprint density at radius 3 is 2.60 bits per heavy atom. The zero-order valence-corrected chi connectivity index (χ0v) is 15.1. The molecule has 3 atom stereocenters. The maximum atomic E-state index is 12.3. The first-order valence-corrected chi connectivity index (χ1v) is 8.87. The molecule has 2 rings (SSSR count). The van der Waals surface area contributed by atoms with Gasteiger partial charge in [-0.2, -0.15) is 0 Å². The number of carbonyl (C=O) groups is 2. The summed E-state index contributed by atoms with van der Waals surface area (Å²) >= 11 is 0. The van der Waals surface area contributed by atoms with E-state index in [0.29, 0.717) is 11.7 Å². The Balaban J connectivity index is 1.96. The number of ether oxygens (including phenoxy) is 2. The summed E-state index contributed by atoms with van der Waals surface area (Å²) in [5, 5.41) is 2.86. The molecule has 1 amide bonds. The molecule has 0 bridgehead atoms. The Morgan fingerprint density at radius 1 is 1.24 bits per heavy atom. The van der Waals surface area contributed by atoms with Gasteiger partial charge in [0, 0.05) is 18.4 Å². The summed E-state index contributed by atoms with van der Waals surface area (Å²) in [4.78, 5) is 32.6. The van der Waals surface area contributed by atoms with E-state index in [4.69, 9.17) is 9.47 Å². The first kappa shape index (κ1) is 19.1. The van der Waals surface area contributed by atoms with Crippen LogP contribution in [0.1, 0.15) is 52.3 Å². The molecule has 7 nitrogen and oxygen atoms in total. The Kier molecular flexibility index (Phi) is 7.16. The van der Waals surface area contributed by atoms with Gasteiger partial charge in [-0.1, -0.05) is 19.8 Å². The fourth-order valence-electron chi connectivity index (χ4n) is 2.98. The van der Waals surface area contributed by atoms with Crippen LogP contribution in [0.5, 0.6) is 0 Å². The Morgan fingerprint density at radius 2 is 1.96 bits per heavy atom. The zero-order valence-electron chi connectivity index (χ0n) is 15.1. The molecule has 0 radical (unpaired) electrons. The molecule has 1 aliphatic carbocycles. The third kappa shape index (κ3) is 6.68. The molecular weight excluding hydrogens is 322 g/mol. The van der Waals surface area contributed by atoms with Crippen LogP contribution in [0.25, 0.3) is 0 Å². The first-order chi connectivity index (χ1) is 11.9. The fourth-order valence-corrected chi connectivity index (χ4v) is 2.98. The minimum atomic E-state index is -1.06. The summed E-state index contributed by atoms with van der Waals surface area (Å²) in [5.41, 5.74) is 0. The number of nitrogens with zero attached hydrogens (tertiary/aromatic N) is 2. The van der Waals surface area contributed by atoms with E-state index in [9.17, 15) is 9.59 Å². The summed E-state index contributed by atoms with van der Waals surface area (Å²) in [6.45, 7) is 5.67. The van der Waals surface area contributed by atoms with Gasteiger partial charge in [0.2, 0.25) is 6.10 Å². The topological polar surface area (TPSA) is 90.4 Å². The number of rotatable bonds is 6. The Bertz CT molecular complexity index is 565. The summed E-state index contributed by atoms with van der Waals surface area (Å²) in [7, 11) is 0. The second-order valence-corrected chi connectivity index (χ2v) is 6.86. The minimum Gasteiger partial charge on any atom is -0.460 e. The largest absolute Gasteiger partial charge is 0.460 e. The zero-order chi connectivity index (χ0) is 18.2. The lowest BCUT2D eigenvalue weighted by molar-refractivity contribution is -0.157. The van der Waals surface area contributed by atoms with Gasteiger partial charge in [0.1, 0.15) is 5.82 Å². The molecule has 1 aliphatic rings. The SMILES string of the molecule is CC1CCCC(NC(=O)OC(Cc2ncccn2)C(=O)OC(C)C)C1. The molecule has 1 saturated carbocycles. The second kappa shape index (κ2) is 9.34. The number of aromatic nitrogens is 2. The van der Waals surface area contributed by atoms with Gasteiger partial charge in [-0.3, -0.25) is 0 Å². The van der Waals surface area contributed by atoms with Crippen LogP contribution in [0.4, 0.5) is 4.79 Å². The predicted molar refractivity (Wildman–Crippen MR) is 91.8 cm³/mol. The number of hydrogen-bond acceptors (Lipinski definition) is 6. The average molecular weight is 349 g/mol. The maximum Gasteiger partial charge on any atom is 0.408 e. The van der Waals surface area contributed by atoms with Crippen LogP contribution in [0.3, 0.4) is 0 Å². The Labute approximate surface area is 148 Å². The number of amides is 1. The molecule has 3 unspecified atom stereocenters. The monoisotopic (exact) mass is 349 g/mol. The van der Waals surface area contributed by atoms with Gasteiger partial charge in [-0.05, 0) is 38.7 Å². The number of esters is 1. The average Bonchev–Trinajstić information content (AvgIpc) is 2.54. The molecule has 1 N–H and O–H groups in total. The van der Waals surface area contributed by atoms with Crippen molar-refractivity contribution in [2.75, 3.05) is 0 Å². The van der Waals surface area contributed by atoms with Crippen LogP contribution in [0, 0.1) is 5.92 Å². The van der Waals surface area contributed by atoms with E-state index < -0.39 is 18.2 Å². The van der Waals surface area contributed by atoms with E-state index in [1.165, 1.54) is 6.42 Å². The molecule has 0 spiro atoms. The standard InChI is InChI=1S/C18H27N3O4/c1-12(2)24-17(22)15(11-16-19-8-5-9-20-16)25-18(23)21-14-7-4-6-13(3)10-14/h5,8-9,12-15H,4,6-7,10-11H2,1-3H3,(H,21,23). The van der Waals surface area contributed by atoms with Gasteiger partial charge in [-0.15, -0.1) is 0 Å². The second-order valence-electron chi connectivity index (χ2n) is 6.86. The molecule has 0 aromatic carbocycles. The van der Waals surface area contributed by atoms with Crippen LogP contribution < -0.4 is 5.32 Å². The van der Waals surface area contributed by atoms with Crippen LogP contribution in [-0.4, -0.2) is 40.3 Å². The van der Waals surface area contributed by atoms with Crippen molar-refractivity contribution in [2.24, 2.45) is 5.92 Å². The lowest BCUT2D eigenvalue weighted by atomic mass is 9.87. The highest BCUT2D eigenvalue weighted by Crippen LogP contribution is 2.23. The normalized spacial score (nSPS) is 21.4. The van der Waals surface area contributed by atoms with Crippen molar-refractivity contribution in [3.8, 4) is 0 Å². The van der Waals surface area contributed by atoms with Crippen LogP contribution >= 0.6 is 0 Å². The van der Waals surface area contributed by atoms with E-state index in [1.807, 2.05) is 0 Å². The highest BCUT2D eigenvalue weighted by molar-refractivity contribution is 5.79. The smallest absolute Gasteiger partial charge is 0.408 e. The highest BCUT2D eigenvalue weighted by Gasteiger charge is 2.28. The number of nitrogens with one attached hydrogen (secondary N) is 1. The van der Waals surface area contributed by atoms with Gasteiger partial charge >= 0.3 is 12.1 Å². The molecule has 1 heterocycles. The van der Waals surface area contributed by atoms with Crippen LogP contribution in [0.15, 0.2) is 18.5 Å². The third-order valence-corrected chi connectivity index (χ3v) is 4.11. The molecule has 1 aromatic rings. The van der Waals surface area contributed by atoms with Gasteiger partial charge < -0.3 is 14.8 Å². The van der Waals surface area contributed by atoms with Gasteiger partial charge in [0.05, 0.1) is 12.5 Å². The van der Waals surface area contributed by atoms with Crippen molar-refractivity contribution in [3.05, 3.63) is 24.3 Å². The molecule has 0 saturated heterocycles. The number of alkyl carbamates (subject to hydrolysis) is 1. The third-order valence-electron chi connectivity index (χ3n) is 4.11. The number of carbonyl (C=O) groups excluding carboxylic acids is 2. The van der Waals surface area contributed by atoms with Gasteiger partial charge in [0.15, 0.2) is 0 Å². The van der Waals surface area contributed by atoms with Gasteiger partial charge in [0.25, 0.3) is 0 Å². The molecule has 138 valence electrons. The molecule has 7 heteroatoms. The maximum absolute atomic E-state index is 12.3. The van der Waals surface area contributed by atoms with Crippen LogP contribution in [0.2, 0.25) is 0 Å². The fraction of sp³-hybridized carbons (Fsp3) is 0.667. The quantitative estimate of drug-likeness (QED) is 0.794. The van der Waals surface area contributed by atoms with Crippen molar-refractivity contribution < 1.29 is 19.1 Å². The van der Waals surface area contributed by atoms with E-state index in [-0.39, 0.29) is 18.6 Å². The van der Waals surface area contributed by atoms with E-state index in [2.05, 4.69) is 22.2 Å². The van der Waals surface area contributed by atoms with Crippen molar-refractivity contribution in [1.82, 2.24) is 15.3 Å². The predicted octanol–water partition coefficient (Wildman–Crippen LogP) is 2.64. The van der Waals surface area contributed by atoms with E-state index in [1.54, 1.807) is 32.3 Å². The lowest BCUT2D eigenvalue weighted by Crippen LogP contribution is -2.42. The van der Waals surface area contributed by atoms with Crippen molar-refractivity contribution in [1.29, 1.82) is 0 Å². The summed E-state index contributed by atoms with van der Waals surface area (Å²) in [6, 6.07) is 1.77.